The Labute approximate surface area is 425 Å². The van der Waals surface area contributed by atoms with Crippen molar-refractivity contribution in [2.24, 2.45) is 0 Å². The highest BCUT2D eigenvalue weighted by Crippen LogP contribution is 2.23. The van der Waals surface area contributed by atoms with Gasteiger partial charge in [0.2, 0.25) is 0 Å². The molecule has 1 fully saturated rings. The first-order valence-corrected chi connectivity index (χ1v) is 30.1. The number of rotatable bonds is 53. The lowest BCUT2D eigenvalue weighted by atomic mass is 9.99. The highest BCUT2D eigenvalue weighted by Gasteiger charge is 2.44. The Morgan fingerprint density at radius 3 is 0.986 bits per heavy atom. The second kappa shape index (κ2) is 50.2. The van der Waals surface area contributed by atoms with Gasteiger partial charge in [-0.15, -0.1) is 0 Å². The summed E-state index contributed by atoms with van der Waals surface area (Å²) in [5.41, 5.74) is 0. The van der Waals surface area contributed by atoms with Crippen LogP contribution in [0.5, 0.6) is 0 Å². The molecule has 0 aliphatic carbocycles. The molecular weight excluding hydrogens is 869 g/mol. The Hall–Kier alpha value is -1.30. The fraction of sp³-hybridized carbons (Fsp3) is 0.966. The van der Waals surface area contributed by atoms with E-state index in [9.17, 15) is 30.0 Å². The quantitative estimate of drug-likeness (QED) is 0.0342. The Morgan fingerprint density at radius 2 is 0.681 bits per heavy atom. The third-order valence-electron chi connectivity index (χ3n) is 14.5. The molecule has 0 aromatic heterocycles. The minimum atomic E-state index is -1.59. The van der Waals surface area contributed by atoms with Gasteiger partial charge in [-0.3, -0.25) is 9.59 Å². The second-order valence-corrected chi connectivity index (χ2v) is 21.2. The number of aliphatic hydroxyl groups excluding tert-OH is 4. The fourth-order valence-electron chi connectivity index (χ4n) is 9.78. The number of unbranched alkanes of at least 4 members (excludes halogenated alkanes) is 42. The average Bonchev–Trinajstić information content (AvgIpc) is 3.35. The van der Waals surface area contributed by atoms with Gasteiger partial charge in [0.25, 0.3) is 0 Å². The molecule has 0 amide bonds. The first-order chi connectivity index (χ1) is 33.8. The lowest BCUT2D eigenvalue weighted by Crippen LogP contribution is -2.59. The van der Waals surface area contributed by atoms with Crippen LogP contribution in [-0.2, 0) is 28.5 Å². The summed E-state index contributed by atoms with van der Waals surface area (Å²) in [5, 5.41) is 40.3. The second-order valence-electron chi connectivity index (χ2n) is 21.2. The van der Waals surface area contributed by atoms with Crippen molar-refractivity contribution in [1.29, 1.82) is 0 Å². The summed E-state index contributed by atoms with van der Waals surface area (Å²) >= 11 is 0. The van der Waals surface area contributed by atoms with Gasteiger partial charge in [0.15, 0.2) is 12.4 Å². The Bertz CT molecular complexity index is 1090. The van der Waals surface area contributed by atoms with Crippen LogP contribution in [0.1, 0.15) is 309 Å². The van der Waals surface area contributed by atoms with Gasteiger partial charge in [-0.1, -0.05) is 284 Å². The zero-order valence-electron chi connectivity index (χ0n) is 45.4. The van der Waals surface area contributed by atoms with Crippen LogP contribution in [0.3, 0.4) is 0 Å². The molecular formula is C59H114O10. The molecule has 69 heavy (non-hydrogen) atoms. The zero-order chi connectivity index (χ0) is 50.1. The lowest BCUT2D eigenvalue weighted by Gasteiger charge is -2.39. The van der Waals surface area contributed by atoms with E-state index in [4.69, 9.17) is 18.9 Å². The smallest absolute Gasteiger partial charge is 0.306 e. The van der Waals surface area contributed by atoms with Crippen molar-refractivity contribution in [3.8, 4) is 0 Å². The molecule has 6 unspecified atom stereocenters. The maximum Gasteiger partial charge on any atom is 0.306 e. The Morgan fingerprint density at radius 1 is 0.391 bits per heavy atom. The number of carbonyl (C=O) groups excluding carboxylic acids is 2. The molecule has 6 atom stereocenters. The molecule has 10 heteroatoms. The van der Waals surface area contributed by atoms with Crippen LogP contribution < -0.4 is 0 Å². The molecule has 10 nitrogen and oxygen atoms in total. The average molecular weight is 984 g/mol. The third kappa shape index (κ3) is 40.8. The van der Waals surface area contributed by atoms with E-state index in [0.29, 0.717) is 6.42 Å². The number of ether oxygens (including phenoxy) is 4. The van der Waals surface area contributed by atoms with Gasteiger partial charge in [0, 0.05) is 12.8 Å². The summed E-state index contributed by atoms with van der Waals surface area (Å²) in [6.07, 6.45) is 49.8. The maximum absolute atomic E-state index is 12.9. The molecule has 0 saturated carbocycles. The molecule has 0 aromatic carbocycles. The fourth-order valence-corrected chi connectivity index (χ4v) is 9.78. The van der Waals surface area contributed by atoms with Crippen molar-refractivity contribution in [2.45, 2.75) is 346 Å². The molecule has 0 radical (unpaired) electrons. The summed E-state index contributed by atoms with van der Waals surface area (Å²) in [6.45, 7) is 3.51. The Kier molecular flexibility index (Phi) is 47.8. The number of carbonyl (C=O) groups is 2. The van der Waals surface area contributed by atoms with Crippen LogP contribution in [0.4, 0.5) is 0 Å². The number of hydrogen-bond acceptors (Lipinski definition) is 10. The zero-order valence-corrected chi connectivity index (χ0v) is 45.4. The molecule has 1 saturated heterocycles. The first kappa shape index (κ1) is 65.7. The van der Waals surface area contributed by atoms with Gasteiger partial charge in [0.05, 0.1) is 13.2 Å². The van der Waals surface area contributed by atoms with Gasteiger partial charge in [-0.25, -0.2) is 0 Å². The van der Waals surface area contributed by atoms with Gasteiger partial charge in [-0.05, 0) is 12.8 Å². The van der Waals surface area contributed by atoms with Gasteiger partial charge >= 0.3 is 11.9 Å². The van der Waals surface area contributed by atoms with Crippen LogP contribution >= 0.6 is 0 Å². The van der Waals surface area contributed by atoms with E-state index in [1.165, 1.54) is 244 Å². The molecule has 1 aliphatic heterocycles. The van der Waals surface area contributed by atoms with Crippen molar-refractivity contribution < 1.29 is 49.0 Å². The number of aliphatic hydroxyl groups is 4. The van der Waals surface area contributed by atoms with E-state index in [0.717, 1.165) is 32.1 Å². The molecule has 4 N–H and O–H groups in total. The highest BCUT2D eigenvalue weighted by atomic mass is 16.7. The molecule has 0 spiro atoms. The van der Waals surface area contributed by atoms with Crippen LogP contribution in [0.15, 0.2) is 0 Å². The van der Waals surface area contributed by atoms with E-state index < -0.39 is 49.4 Å². The highest BCUT2D eigenvalue weighted by molar-refractivity contribution is 5.70. The summed E-state index contributed by atoms with van der Waals surface area (Å²) < 4.78 is 22.4. The molecule has 0 aromatic rings. The predicted molar refractivity (Wildman–Crippen MR) is 284 cm³/mol. The third-order valence-corrected chi connectivity index (χ3v) is 14.5. The van der Waals surface area contributed by atoms with Gasteiger partial charge < -0.3 is 39.4 Å². The summed E-state index contributed by atoms with van der Waals surface area (Å²) in [5.74, 6) is -0.780. The van der Waals surface area contributed by atoms with Crippen molar-refractivity contribution in [3.63, 3.8) is 0 Å². The van der Waals surface area contributed by atoms with Crippen molar-refractivity contribution in [2.75, 3.05) is 19.8 Å². The van der Waals surface area contributed by atoms with Crippen molar-refractivity contribution in [3.05, 3.63) is 0 Å². The minimum absolute atomic E-state index is 0.208. The van der Waals surface area contributed by atoms with E-state index >= 15 is 0 Å². The standard InChI is InChI=1S/C59H114O10/c1-3-5-7-9-11-13-15-17-19-21-23-25-26-27-28-30-32-34-36-38-40-42-44-46-48-55(62)68-52(51-67-59-58(65)57(64)56(63)53(49-60)69-59)50-66-54(61)47-45-43-41-39-37-35-33-31-29-24-22-20-18-16-14-12-10-8-6-4-2/h52-53,56-60,63-65H,3-51H2,1-2H3. The lowest BCUT2D eigenvalue weighted by molar-refractivity contribution is -0.305. The summed E-state index contributed by atoms with van der Waals surface area (Å²) in [7, 11) is 0. The maximum atomic E-state index is 12.9. The van der Waals surface area contributed by atoms with Crippen LogP contribution in [0.2, 0.25) is 0 Å². The molecule has 0 bridgehead atoms. The number of esters is 2. The van der Waals surface area contributed by atoms with Crippen LogP contribution in [0, 0.1) is 0 Å². The normalized spacial score (nSPS) is 18.7. The molecule has 1 heterocycles. The summed E-state index contributed by atoms with van der Waals surface area (Å²) in [4.78, 5) is 25.6. The topological polar surface area (TPSA) is 152 Å². The van der Waals surface area contributed by atoms with E-state index in [-0.39, 0.29) is 32.0 Å². The minimum Gasteiger partial charge on any atom is -0.462 e. The van der Waals surface area contributed by atoms with Crippen molar-refractivity contribution in [1.82, 2.24) is 0 Å². The van der Waals surface area contributed by atoms with Crippen molar-refractivity contribution >= 4 is 11.9 Å². The molecule has 410 valence electrons. The van der Waals surface area contributed by atoms with Crippen LogP contribution in [0.25, 0.3) is 0 Å². The van der Waals surface area contributed by atoms with Gasteiger partial charge in [-0.2, -0.15) is 0 Å². The number of hydrogen-bond donors (Lipinski definition) is 4. The first-order valence-electron chi connectivity index (χ1n) is 30.1. The largest absolute Gasteiger partial charge is 0.462 e. The predicted octanol–water partition coefficient (Wildman–Crippen LogP) is 15.2. The summed E-state index contributed by atoms with van der Waals surface area (Å²) in [6, 6.07) is 0. The van der Waals surface area contributed by atoms with Gasteiger partial charge in [0.1, 0.15) is 31.0 Å². The SMILES string of the molecule is CCCCCCCCCCCCCCCCCCCCCCCCCCC(=O)OC(COC(=O)CCCCCCCCCCCCCCCCCCCCCC)COC1OC(CO)C(O)C(O)C1O. The van der Waals surface area contributed by atoms with Crippen LogP contribution in [-0.4, -0.2) is 89.0 Å². The Balaban J connectivity index is 2.16. The van der Waals surface area contributed by atoms with E-state index in [1.807, 2.05) is 0 Å². The van der Waals surface area contributed by atoms with E-state index in [2.05, 4.69) is 13.8 Å². The van der Waals surface area contributed by atoms with E-state index in [1.54, 1.807) is 0 Å². The molecule has 1 aliphatic rings. The monoisotopic (exact) mass is 983 g/mol. The molecule has 1 rings (SSSR count).